The minimum atomic E-state index is -0.969. The summed E-state index contributed by atoms with van der Waals surface area (Å²) in [5.74, 6) is -1.84. The number of likely N-dealkylation sites (N-methyl/N-ethyl adjacent to an activating group) is 1. The second-order valence-corrected chi connectivity index (χ2v) is 6.38. The van der Waals surface area contributed by atoms with Crippen LogP contribution in [0.25, 0.3) is 0 Å². The Morgan fingerprint density at radius 3 is 2.16 bits per heavy atom. The molecular weight excluding hydrogens is 324 g/mol. The number of carboxylic acid groups (broad SMARTS) is 1. The predicted octanol–water partition coefficient (Wildman–Crippen LogP) is 1.63. The molecule has 0 aromatic heterocycles. The summed E-state index contributed by atoms with van der Waals surface area (Å²) >= 11 is 0. The van der Waals surface area contributed by atoms with Gasteiger partial charge in [0.2, 0.25) is 5.91 Å². The summed E-state index contributed by atoms with van der Waals surface area (Å²) in [5, 5.41) is 11.7. The highest BCUT2D eigenvalue weighted by atomic mass is 16.5. The normalized spacial score (nSPS) is 13.0. The van der Waals surface area contributed by atoms with Crippen LogP contribution in [-0.2, 0) is 9.59 Å². The minimum absolute atomic E-state index is 0.0792. The molecule has 0 saturated heterocycles. The van der Waals surface area contributed by atoms with Crippen molar-refractivity contribution >= 4 is 17.8 Å². The van der Waals surface area contributed by atoms with Crippen molar-refractivity contribution in [2.45, 2.75) is 26.8 Å². The molecule has 0 fully saturated rings. The maximum absolute atomic E-state index is 12.6. The Bertz CT molecular complexity index is 612. The van der Waals surface area contributed by atoms with Gasteiger partial charge in [0.05, 0.1) is 13.0 Å². The molecule has 1 aromatic rings. The first-order valence-corrected chi connectivity index (χ1v) is 8.10. The van der Waals surface area contributed by atoms with Crippen LogP contribution in [0.5, 0.6) is 5.75 Å². The first-order chi connectivity index (χ1) is 11.7. The van der Waals surface area contributed by atoms with E-state index < -0.39 is 17.9 Å². The third-order valence-corrected chi connectivity index (χ3v) is 3.92. The number of ether oxygens (including phenoxy) is 1. The standard InChI is InChI=1S/C18H26N2O5/c1-11(2)15(17(22)20(4)10-12(3)18(23)24)19-16(21)13-6-8-14(25-5)9-7-13/h6-9,11-12,15H,10H2,1-5H3,(H,19,21)(H,23,24). The van der Waals surface area contributed by atoms with Gasteiger partial charge >= 0.3 is 5.97 Å². The van der Waals surface area contributed by atoms with Gasteiger partial charge in [0, 0.05) is 19.2 Å². The van der Waals surface area contributed by atoms with Crippen molar-refractivity contribution in [1.82, 2.24) is 10.2 Å². The van der Waals surface area contributed by atoms with Crippen LogP contribution in [0.15, 0.2) is 24.3 Å². The molecular formula is C18H26N2O5. The lowest BCUT2D eigenvalue weighted by Crippen LogP contribution is -2.51. The van der Waals surface area contributed by atoms with Gasteiger partial charge in [-0.15, -0.1) is 0 Å². The minimum Gasteiger partial charge on any atom is -0.497 e. The van der Waals surface area contributed by atoms with Crippen LogP contribution < -0.4 is 10.1 Å². The lowest BCUT2D eigenvalue weighted by molar-refractivity contribution is -0.143. The molecule has 2 unspecified atom stereocenters. The van der Waals surface area contributed by atoms with Gasteiger partial charge in [-0.2, -0.15) is 0 Å². The van der Waals surface area contributed by atoms with E-state index in [9.17, 15) is 14.4 Å². The number of carbonyl (C=O) groups excluding carboxylic acids is 2. The van der Waals surface area contributed by atoms with Crippen LogP contribution in [0, 0.1) is 11.8 Å². The third-order valence-electron chi connectivity index (χ3n) is 3.92. The fourth-order valence-electron chi connectivity index (χ4n) is 2.30. The number of nitrogens with one attached hydrogen (secondary N) is 1. The van der Waals surface area contributed by atoms with Crippen LogP contribution in [-0.4, -0.2) is 54.5 Å². The van der Waals surface area contributed by atoms with Crippen LogP contribution in [0.1, 0.15) is 31.1 Å². The Morgan fingerprint density at radius 1 is 1.16 bits per heavy atom. The molecule has 2 amide bonds. The van der Waals surface area contributed by atoms with E-state index in [2.05, 4.69) is 5.32 Å². The fourth-order valence-corrected chi connectivity index (χ4v) is 2.30. The zero-order valence-electron chi connectivity index (χ0n) is 15.3. The summed E-state index contributed by atoms with van der Waals surface area (Å²) < 4.78 is 5.05. The Labute approximate surface area is 148 Å². The van der Waals surface area contributed by atoms with E-state index >= 15 is 0 Å². The van der Waals surface area contributed by atoms with Gasteiger partial charge in [0.1, 0.15) is 11.8 Å². The number of hydrogen-bond donors (Lipinski definition) is 2. The molecule has 0 saturated carbocycles. The number of carbonyl (C=O) groups is 3. The second-order valence-electron chi connectivity index (χ2n) is 6.38. The zero-order chi connectivity index (χ0) is 19.1. The van der Waals surface area contributed by atoms with Gasteiger partial charge in [-0.25, -0.2) is 0 Å². The van der Waals surface area contributed by atoms with Crippen molar-refractivity contribution < 1.29 is 24.2 Å². The van der Waals surface area contributed by atoms with E-state index in [4.69, 9.17) is 9.84 Å². The molecule has 0 spiro atoms. The van der Waals surface area contributed by atoms with Crippen molar-refractivity contribution in [3.63, 3.8) is 0 Å². The van der Waals surface area contributed by atoms with E-state index in [1.807, 2.05) is 13.8 Å². The molecule has 7 nitrogen and oxygen atoms in total. The first kappa shape index (κ1) is 20.5. The molecule has 0 aliphatic rings. The van der Waals surface area contributed by atoms with Gasteiger partial charge < -0.3 is 20.1 Å². The predicted molar refractivity (Wildman–Crippen MR) is 93.5 cm³/mol. The topological polar surface area (TPSA) is 95.9 Å². The molecule has 1 rings (SSSR count). The van der Waals surface area contributed by atoms with E-state index in [1.54, 1.807) is 24.3 Å². The molecule has 2 N–H and O–H groups in total. The van der Waals surface area contributed by atoms with Crippen LogP contribution in [0.2, 0.25) is 0 Å². The SMILES string of the molecule is COc1ccc(C(=O)NC(C(=O)N(C)CC(C)C(=O)O)C(C)C)cc1. The van der Waals surface area contributed by atoms with Crippen molar-refractivity contribution in [2.75, 3.05) is 20.7 Å². The first-order valence-electron chi connectivity index (χ1n) is 8.10. The third kappa shape index (κ3) is 5.77. The number of hydrogen-bond acceptors (Lipinski definition) is 4. The molecule has 1 aromatic carbocycles. The molecule has 7 heteroatoms. The van der Waals surface area contributed by atoms with Crippen molar-refractivity contribution in [3.05, 3.63) is 29.8 Å². The zero-order valence-corrected chi connectivity index (χ0v) is 15.3. The average Bonchev–Trinajstić information content (AvgIpc) is 2.58. The summed E-state index contributed by atoms with van der Waals surface area (Å²) in [6.07, 6.45) is 0. The van der Waals surface area contributed by atoms with Gasteiger partial charge in [-0.1, -0.05) is 20.8 Å². The van der Waals surface area contributed by atoms with Crippen molar-refractivity contribution in [3.8, 4) is 5.75 Å². The Morgan fingerprint density at radius 2 is 1.72 bits per heavy atom. The van der Waals surface area contributed by atoms with Crippen LogP contribution >= 0.6 is 0 Å². The number of benzene rings is 1. The van der Waals surface area contributed by atoms with Gasteiger partial charge in [-0.05, 0) is 30.2 Å². The van der Waals surface area contributed by atoms with E-state index in [0.717, 1.165) is 0 Å². The molecule has 138 valence electrons. The highest BCUT2D eigenvalue weighted by Crippen LogP contribution is 2.13. The maximum atomic E-state index is 12.6. The number of amides is 2. The van der Waals surface area contributed by atoms with Crippen LogP contribution in [0.4, 0.5) is 0 Å². The molecule has 0 aliphatic carbocycles. The lowest BCUT2D eigenvalue weighted by atomic mass is 10.0. The number of nitrogens with zero attached hydrogens (tertiary/aromatic N) is 1. The average molecular weight is 350 g/mol. The summed E-state index contributed by atoms with van der Waals surface area (Å²) in [4.78, 5) is 37.3. The molecule has 0 bridgehead atoms. The fraction of sp³-hybridized carbons (Fsp3) is 0.500. The highest BCUT2D eigenvalue weighted by Gasteiger charge is 2.28. The number of rotatable bonds is 8. The largest absolute Gasteiger partial charge is 0.497 e. The Balaban J connectivity index is 2.82. The second kappa shape index (κ2) is 9.05. The van der Waals surface area contributed by atoms with E-state index in [1.165, 1.54) is 26.0 Å². The number of methoxy groups -OCH3 is 1. The summed E-state index contributed by atoms with van der Waals surface area (Å²) in [7, 11) is 3.08. The van der Waals surface area contributed by atoms with Crippen LogP contribution in [0.3, 0.4) is 0 Å². The summed E-state index contributed by atoms with van der Waals surface area (Å²) in [5.41, 5.74) is 0.417. The molecule has 25 heavy (non-hydrogen) atoms. The number of aliphatic carboxylic acids is 1. The summed E-state index contributed by atoms with van der Waals surface area (Å²) in [6.45, 7) is 5.26. The number of carboxylic acids is 1. The Kier molecular flexibility index (Phi) is 7.42. The van der Waals surface area contributed by atoms with Crippen molar-refractivity contribution in [1.29, 1.82) is 0 Å². The van der Waals surface area contributed by atoms with Gasteiger partial charge in [0.15, 0.2) is 0 Å². The molecule has 0 radical (unpaired) electrons. The van der Waals surface area contributed by atoms with Gasteiger partial charge in [-0.3, -0.25) is 14.4 Å². The summed E-state index contributed by atoms with van der Waals surface area (Å²) in [6, 6.07) is 5.84. The van der Waals surface area contributed by atoms with E-state index in [-0.39, 0.29) is 24.3 Å². The quantitative estimate of drug-likeness (QED) is 0.743. The molecule has 0 aliphatic heterocycles. The Hall–Kier alpha value is -2.57. The maximum Gasteiger partial charge on any atom is 0.308 e. The monoisotopic (exact) mass is 350 g/mol. The lowest BCUT2D eigenvalue weighted by Gasteiger charge is -2.28. The highest BCUT2D eigenvalue weighted by molar-refractivity contribution is 5.97. The van der Waals surface area contributed by atoms with Gasteiger partial charge in [0.25, 0.3) is 5.91 Å². The molecule has 0 heterocycles. The molecule has 2 atom stereocenters. The smallest absolute Gasteiger partial charge is 0.308 e. The van der Waals surface area contributed by atoms with Crippen molar-refractivity contribution in [2.24, 2.45) is 11.8 Å². The van der Waals surface area contributed by atoms with E-state index in [0.29, 0.717) is 11.3 Å².